The van der Waals surface area contributed by atoms with Gasteiger partial charge in [-0.15, -0.1) is 0 Å². The lowest BCUT2D eigenvalue weighted by Gasteiger charge is -2.32. The van der Waals surface area contributed by atoms with E-state index in [4.69, 9.17) is 4.42 Å². The van der Waals surface area contributed by atoms with E-state index >= 15 is 0 Å². The first-order valence-corrected chi connectivity index (χ1v) is 9.54. The molecule has 1 unspecified atom stereocenters. The number of likely N-dealkylation sites (tertiary alicyclic amines) is 1. The molecule has 0 aliphatic carbocycles. The molecule has 1 aromatic carbocycles. The van der Waals surface area contributed by atoms with Gasteiger partial charge in [-0.25, -0.2) is 0 Å². The van der Waals surface area contributed by atoms with Crippen LogP contribution in [0.3, 0.4) is 0 Å². The van der Waals surface area contributed by atoms with Gasteiger partial charge >= 0.3 is 6.18 Å². The fraction of sp³-hybridized carbons (Fsp3) is 0.476. The number of carbonyl (C=O) groups excluding carboxylic acids is 1. The molecule has 0 saturated carbocycles. The summed E-state index contributed by atoms with van der Waals surface area (Å²) in [5.74, 6) is 1.24. The number of hydrogen-bond donors (Lipinski definition) is 1. The third-order valence-corrected chi connectivity index (χ3v) is 5.19. The lowest BCUT2D eigenvalue weighted by Crippen LogP contribution is -2.35. The standard InChI is InChI=1S/C21H25F3N2O2/c1-25-20(27)19-10-9-18(28-19)14-26-11-3-5-16(13-26)8-7-15-4-2-6-17(12-15)21(22,23)24/h2,4,6,9-10,12,16H,3,5,7-8,11,13-14H2,1H3,(H,25,27). The summed E-state index contributed by atoms with van der Waals surface area (Å²) in [6, 6.07) is 9.09. The van der Waals surface area contributed by atoms with Gasteiger partial charge in [0, 0.05) is 13.6 Å². The van der Waals surface area contributed by atoms with Crippen molar-refractivity contribution in [3.8, 4) is 0 Å². The van der Waals surface area contributed by atoms with Gasteiger partial charge in [-0.2, -0.15) is 13.2 Å². The van der Waals surface area contributed by atoms with Crippen molar-refractivity contribution in [2.45, 2.75) is 38.4 Å². The quantitative estimate of drug-likeness (QED) is 0.785. The normalized spacial score (nSPS) is 18.2. The average Bonchev–Trinajstić information content (AvgIpc) is 3.14. The van der Waals surface area contributed by atoms with E-state index in [9.17, 15) is 18.0 Å². The van der Waals surface area contributed by atoms with Crippen LogP contribution in [0.1, 0.15) is 46.7 Å². The van der Waals surface area contributed by atoms with Gasteiger partial charge < -0.3 is 9.73 Å². The van der Waals surface area contributed by atoms with E-state index in [-0.39, 0.29) is 5.91 Å². The lowest BCUT2D eigenvalue weighted by atomic mass is 9.91. The molecule has 4 nitrogen and oxygen atoms in total. The van der Waals surface area contributed by atoms with Crippen LogP contribution in [-0.2, 0) is 19.1 Å². The monoisotopic (exact) mass is 394 g/mol. The second-order valence-corrected chi connectivity index (χ2v) is 7.33. The summed E-state index contributed by atoms with van der Waals surface area (Å²) in [5, 5.41) is 2.53. The Morgan fingerprint density at radius 2 is 2.11 bits per heavy atom. The number of piperidine rings is 1. The number of furan rings is 1. The second kappa shape index (κ2) is 8.82. The lowest BCUT2D eigenvalue weighted by molar-refractivity contribution is -0.137. The van der Waals surface area contributed by atoms with Gasteiger partial charge in [-0.1, -0.05) is 18.2 Å². The molecule has 1 fully saturated rings. The number of rotatable bonds is 6. The number of alkyl halides is 3. The molecule has 3 rings (SSSR count). The summed E-state index contributed by atoms with van der Waals surface area (Å²) in [5.41, 5.74) is 0.146. The van der Waals surface area contributed by atoms with Crippen LogP contribution in [0.15, 0.2) is 40.8 Å². The molecule has 1 amide bonds. The smallest absolute Gasteiger partial charge is 0.416 e. The highest BCUT2D eigenvalue weighted by atomic mass is 19.4. The van der Waals surface area contributed by atoms with E-state index in [1.165, 1.54) is 12.1 Å². The summed E-state index contributed by atoms with van der Waals surface area (Å²) in [6.45, 7) is 2.47. The van der Waals surface area contributed by atoms with Crippen molar-refractivity contribution in [1.82, 2.24) is 10.2 Å². The highest BCUT2D eigenvalue weighted by Crippen LogP contribution is 2.30. The molecule has 1 aliphatic heterocycles. The fourth-order valence-electron chi connectivity index (χ4n) is 3.73. The number of hydrogen-bond acceptors (Lipinski definition) is 3. The topological polar surface area (TPSA) is 45.5 Å². The number of nitrogens with zero attached hydrogens (tertiary/aromatic N) is 1. The Hall–Kier alpha value is -2.28. The largest absolute Gasteiger partial charge is 0.455 e. The van der Waals surface area contributed by atoms with Gasteiger partial charge in [0.25, 0.3) is 5.91 Å². The maximum Gasteiger partial charge on any atom is 0.416 e. The van der Waals surface area contributed by atoms with Crippen LogP contribution < -0.4 is 5.32 Å². The van der Waals surface area contributed by atoms with Gasteiger partial charge in [-0.05, 0) is 61.9 Å². The Morgan fingerprint density at radius 3 is 2.86 bits per heavy atom. The summed E-state index contributed by atoms with van der Waals surface area (Å²) in [6.07, 6.45) is -0.662. The molecule has 0 radical (unpaired) electrons. The van der Waals surface area contributed by atoms with Crippen molar-refractivity contribution in [2.24, 2.45) is 5.92 Å². The Morgan fingerprint density at radius 1 is 1.29 bits per heavy atom. The first kappa shape index (κ1) is 20.5. The maximum absolute atomic E-state index is 12.9. The predicted octanol–water partition coefficient (Wildman–Crippen LogP) is 4.50. The minimum absolute atomic E-state index is 0.246. The molecule has 0 spiro atoms. The maximum atomic E-state index is 12.9. The van der Waals surface area contributed by atoms with Crippen LogP contribution in [0, 0.1) is 5.92 Å². The Kier molecular flexibility index (Phi) is 6.44. The molecular weight excluding hydrogens is 369 g/mol. The molecule has 7 heteroatoms. The van der Waals surface area contributed by atoms with Crippen LogP contribution in [0.4, 0.5) is 13.2 Å². The van der Waals surface area contributed by atoms with Gasteiger partial charge in [0.15, 0.2) is 5.76 Å². The van der Waals surface area contributed by atoms with Gasteiger partial charge in [-0.3, -0.25) is 9.69 Å². The fourth-order valence-corrected chi connectivity index (χ4v) is 3.73. The first-order valence-electron chi connectivity index (χ1n) is 9.54. The molecule has 1 saturated heterocycles. The first-order chi connectivity index (χ1) is 13.3. The average molecular weight is 394 g/mol. The van der Waals surface area contributed by atoms with Gasteiger partial charge in [0.05, 0.1) is 12.1 Å². The second-order valence-electron chi connectivity index (χ2n) is 7.33. The van der Waals surface area contributed by atoms with Gasteiger partial charge in [0.1, 0.15) is 5.76 Å². The summed E-state index contributed by atoms with van der Waals surface area (Å²) in [7, 11) is 1.56. The highest BCUT2D eigenvalue weighted by molar-refractivity contribution is 5.91. The molecule has 152 valence electrons. The van der Waals surface area contributed by atoms with E-state index in [1.54, 1.807) is 19.2 Å². The molecule has 2 heterocycles. The highest BCUT2D eigenvalue weighted by Gasteiger charge is 2.30. The Bertz CT molecular complexity index is 801. The van der Waals surface area contributed by atoms with Gasteiger partial charge in [0.2, 0.25) is 0 Å². The number of benzene rings is 1. The molecule has 1 aromatic heterocycles. The third-order valence-electron chi connectivity index (χ3n) is 5.19. The molecule has 0 bridgehead atoms. The van der Waals surface area contributed by atoms with Crippen molar-refractivity contribution >= 4 is 5.91 Å². The third kappa shape index (κ3) is 5.38. The Balaban J connectivity index is 1.52. The van der Waals surface area contributed by atoms with E-state index in [0.717, 1.165) is 49.7 Å². The van der Waals surface area contributed by atoms with Crippen LogP contribution in [0.2, 0.25) is 0 Å². The summed E-state index contributed by atoms with van der Waals surface area (Å²) < 4.78 is 44.2. The molecule has 1 N–H and O–H groups in total. The number of nitrogens with one attached hydrogen (secondary N) is 1. The van der Waals surface area contributed by atoms with E-state index < -0.39 is 11.7 Å². The summed E-state index contributed by atoms with van der Waals surface area (Å²) in [4.78, 5) is 13.9. The molecule has 1 atom stereocenters. The van der Waals surface area contributed by atoms with E-state index in [2.05, 4.69) is 10.2 Å². The van der Waals surface area contributed by atoms with Crippen molar-refractivity contribution in [3.63, 3.8) is 0 Å². The van der Waals surface area contributed by atoms with Crippen molar-refractivity contribution in [3.05, 3.63) is 59.0 Å². The Labute approximate surface area is 162 Å². The number of amides is 1. The van der Waals surface area contributed by atoms with Crippen molar-refractivity contribution in [1.29, 1.82) is 0 Å². The minimum Gasteiger partial charge on any atom is -0.455 e. The molecule has 28 heavy (non-hydrogen) atoms. The van der Waals surface area contributed by atoms with Crippen LogP contribution in [0.5, 0.6) is 0 Å². The van der Waals surface area contributed by atoms with E-state index in [0.29, 0.717) is 24.6 Å². The zero-order valence-electron chi connectivity index (χ0n) is 15.9. The number of carbonyl (C=O) groups is 1. The number of aryl methyl sites for hydroxylation is 1. The zero-order valence-corrected chi connectivity index (χ0v) is 15.9. The molecular formula is C21H25F3N2O2. The van der Waals surface area contributed by atoms with Crippen LogP contribution in [-0.4, -0.2) is 30.9 Å². The summed E-state index contributed by atoms with van der Waals surface area (Å²) >= 11 is 0. The van der Waals surface area contributed by atoms with E-state index in [1.807, 2.05) is 6.07 Å². The van der Waals surface area contributed by atoms with Crippen molar-refractivity contribution in [2.75, 3.05) is 20.1 Å². The SMILES string of the molecule is CNC(=O)c1ccc(CN2CCCC(CCc3cccc(C(F)(F)F)c3)C2)o1. The molecule has 1 aliphatic rings. The predicted molar refractivity (Wildman–Crippen MR) is 99.9 cm³/mol. The van der Waals surface area contributed by atoms with Crippen molar-refractivity contribution < 1.29 is 22.4 Å². The number of halogens is 3. The zero-order chi connectivity index (χ0) is 20.1. The minimum atomic E-state index is -4.30. The molecule has 2 aromatic rings. The van der Waals surface area contributed by atoms with Crippen LogP contribution >= 0.6 is 0 Å². The van der Waals surface area contributed by atoms with Crippen LogP contribution in [0.25, 0.3) is 0 Å².